The Morgan fingerprint density at radius 2 is 1.89 bits per heavy atom. The van der Waals surface area contributed by atoms with Crippen LogP contribution in [0.15, 0.2) is 28.3 Å². The molecule has 1 heterocycles. The highest BCUT2D eigenvalue weighted by Crippen LogP contribution is 2.39. The SMILES string of the molecule is CCOc1cc2c(cc1C(=O)NC)C(=NBr)N(CC(=O)c1cc(NC(C)C)c(OC)c(C(C)(C)C)c1)C2. The van der Waals surface area contributed by atoms with E-state index in [4.69, 9.17) is 9.47 Å². The molecule has 0 aliphatic carbocycles. The number of ether oxygens (including phenoxy) is 2. The summed E-state index contributed by atoms with van der Waals surface area (Å²) >= 11 is 3.23. The number of Topliss-reactive ketones (excluding diaryl/α,β-unsaturated/α-hetero) is 1. The van der Waals surface area contributed by atoms with E-state index in [2.05, 4.69) is 65.4 Å². The molecule has 9 heteroatoms. The molecule has 1 amide bonds. The Balaban J connectivity index is 1.99. The zero-order valence-corrected chi connectivity index (χ0v) is 24.5. The molecule has 3 rings (SSSR count). The maximum absolute atomic E-state index is 13.7. The lowest BCUT2D eigenvalue weighted by Crippen LogP contribution is -2.31. The van der Waals surface area contributed by atoms with E-state index in [1.807, 2.05) is 30.0 Å². The standard InChI is InChI=1S/C28H37BrN4O4/c1-9-37-24-12-18-14-33(26(32-29)19(18)13-20(24)27(35)30-7)15-23(34)17-10-21(28(4,5)6)25(36-8)22(11-17)31-16(2)3/h10-13,16,31H,9,14-15H2,1-8H3,(H,30,35). The van der Waals surface area contributed by atoms with Crippen LogP contribution in [0.4, 0.5) is 5.69 Å². The lowest BCUT2D eigenvalue weighted by molar-refractivity contribution is 0.0953. The summed E-state index contributed by atoms with van der Waals surface area (Å²) in [6.07, 6.45) is 0. The van der Waals surface area contributed by atoms with E-state index < -0.39 is 0 Å². The summed E-state index contributed by atoms with van der Waals surface area (Å²) < 4.78 is 15.8. The molecule has 2 aromatic carbocycles. The third kappa shape index (κ3) is 6.09. The summed E-state index contributed by atoms with van der Waals surface area (Å²) in [5, 5.41) is 6.09. The molecule has 2 N–H and O–H groups in total. The van der Waals surface area contributed by atoms with Crippen molar-refractivity contribution in [3.8, 4) is 11.5 Å². The number of fused-ring (bicyclic) bond motifs is 1. The predicted molar refractivity (Wildman–Crippen MR) is 152 cm³/mol. The maximum Gasteiger partial charge on any atom is 0.254 e. The number of nitrogens with one attached hydrogen (secondary N) is 2. The van der Waals surface area contributed by atoms with Crippen LogP contribution in [0.5, 0.6) is 11.5 Å². The van der Waals surface area contributed by atoms with E-state index in [9.17, 15) is 9.59 Å². The molecular formula is C28H37BrN4O4. The average molecular weight is 574 g/mol. The van der Waals surface area contributed by atoms with Crippen LogP contribution < -0.4 is 20.1 Å². The molecule has 2 aromatic rings. The molecule has 0 saturated carbocycles. The van der Waals surface area contributed by atoms with Gasteiger partial charge in [-0.05, 0) is 56.0 Å². The lowest BCUT2D eigenvalue weighted by atomic mass is 9.84. The molecule has 0 aromatic heterocycles. The highest BCUT2D eigenvalue weighted by molar-refractivity contribution is 9.08. The van der Waals surface area contributed by atoms with Crippen LogP contribution in [0.25, 0.3) is 0 Å². The number of methoxy groups -OCH3 is 1. The van der Waals surface area contributed by atoms with Crippen LogP contribution in [0, 0.1) is 0 Å². The highest BCUT2D eigenvalue weighted by Gasteiger charge is 2.31. The summed E-state index contributed by atoms with van der Waals surface area (Å²) in [5.41, 5.74) is 4.28. The van der Waals surface area contributed by atoms with E-state index in [1.165, 1.54) is 0 Å². The van der Waals surface area contributed by atoms with Crippen LogP contribution in [0.1, 0.15) is 78.9 Å². The number of ketones is 1. The van der Waals surface area contributed by atoms with Crippen LogP contribution >= 0.6 is 16.1 Å². The van der Waals surface area contributed by atoms with Gasteiger partial charge in [0.15, 0.2) is 5.78 Å². The van der Waals surface area contributed by atoms with E-state index >= 15 is 0 Å². The largest absolute Gasteiger partial charge is 0.494 e. The zero-order valence-electron chi connectivity index (χ0n) is 22.9. The molecule has 0 spiro atoms. The fraction of sp³-hybridized carbons (Fsp3) is 0.464. The number of anilines is 1. The van der Waals surface area contributed by atoms with E-state index in [1.54, 1.807) is 20.2 Å². The average Bonchev–Trinajstić information content (AvgIpc) is 3.17. The molecule has 1 aliphatic rings. The van der Waals surface area contributed by atoms with Crippen molar-refractivity contribution in [1.82, 2.24) is 10.2 Å². The maximum atomic E-state index is 13.7. The number of rotatable bonds is 9. The smallest absolute Gasteiger partial charge is 0.254 e. The summed E-state index contributed by atoms with van der Waals surface area (Å²) in [7, 11) is 3.24. The Bertz CT molecular complexity index is 1220. The van der Waals surface area contributed by atoms with Gasteiger partial charge in [-0.15, -0.1) is 0 Å². The normalized spacial score (nSPS) is 14.1. The van der Waals surface area contributed by atoms with Gasteiger partial charge in [0.2, 0.25) is 0 Å². The first-order valence-corrected chi connectivity index (χ1v) is 13.1. The molecule has 0 atom stereocenters. The van der Waals surface area contributed by atoms with Crippen LogP contribution in [-0.2, 0) is 12.0 Å². The van der Waals surface area contributed by atoms with E-state index in [-0.39, 0.29) is 29.7 Å². The monoisotopic (exact) mass is 572 g/mol. The van der Waals surface area contributed by atoms with Crippen molar-refractivity contribution < 1.29 is 19.1 Å². The van der Waals surface area contributed by atoms with E-state index in [0.29, 0.717) is 35.9 Å². The number of carbonyl (C=O) groups is 2. The minimum absolute atomic E-state index is 0.0435. The number of benzene rings is 2. The number of halogens is 1. The highest BCUT2D eigenvalue weighted by atomic mass is 79.9. The molecule has 200 valence electrons. The predicted octanol–water partition coefficient (Wildman–Crippen LogP) is 5.33. The zero-order chi connectivity index (χ0) is 27.5. The fourth-order valence-electron chi connectivity index (χ4n) is 4.48. The first-order valence-electron chi connectivity index (χ1n) is 12.4. The molecule has 0 unspecified atom stereocenters. The van der Waals surface area contributed by atoms with Crippen molar-refractivity contribution in [2.24, 2.45) is 4.02 Å². The van der Waals surface area contributed by atoms with Crippen molar-refractivity contribution in [1.29, 1.82) is 0 Å². The minimum Gasteiger partial charge on any atom is -0.494 e. The third-order valence-electron chi connectivity index (χ3n) is 6.16. The Morgan fingerprint density at radius 3 is 2.43 bits per heavy atom. The Kier molecular flexibility index (Phi) is 8.89. The quantitative estimate of drug-likeness (QED) is 0.395. The first-order chi connectivity index (χ1) is 17.4. The topological polar surface area (TPSA) is 92.3 Å². The molecule has 0 fully saturated rings. The van der Waals surface area contributed by atoms with Crippen molar-refractivity contribution in [3.05, 3.63) is 52.1 Å². The van der Waals surface area contributed by atoms with Crippen molar-refractivity contribution >= 4 is 39.4 Å². The van der Waals surface area contributed by atoms with Gasteiger partial charge in [0.05, 0.1) is 47.7 Å². The second-order valence-electron chi connectivity index (χ2n) is 10.4. The van der Waals surface area contributed by atoms with Gasteiger partial charge < -0.3 is 25.0 Å². The second-order valence-corrected chi connectivity index (χ2v) is 10.7. The van der Waals surface area contributed by atoms with Gasteiger partial charge in [-0.25, -0.2) is 0 Å². The minimum atomic E-state index is -0.243. The van der Waals surface area contributed by atoms with E-state index in [0.717, 1.165) is 28.1 Å². The molecule has 0 bridgehead atoms. The number of amides is 1. The van der Waals surface area contributed by atoms with Crippen LogP contribution in [-0.4, -0.2) is 55.8 Å². The van der Waals surface area contributed by atoms with Gasteiger partial charge >= 0.3 is 0 Å². The van der Waals surface area contributed by atoms with Gasteiger partial charge in [0.1, 0.15) is 17.3 Å². The lowest BCUT2D eigenvalue weighted by Gasteiger charge is -2.26. The molecule has 37 heavy (non-hydrogen) atoms. The van der Waals surface area contributed by atoms with Crippen molar-refractivity contribution in [2.45, 2.75) is 59.5 Å². The number of amidine groups is 1. The fourth-order valence-corrected chi connectivity index (χ4v) is 4.89. The molecule has 0 saturated heterocycles. The van der Waals surface area contributed by atoms with Gasteiger partial charge in [-0.1, -0.05) is 20.8 Å². The van der Waals surface area contributed by atoms with Crippen LogP contribution in [0.3, 0.4) is 0 Å². The Morgan fingerprint density at radius 1 is 1.19 bits per heavy atom. The molecular weight excluding hydrogens is 536 g/mol. The van der Waals surface area contributed by atoms with Crippen molar-refractivity contribution in [3.63, 3.8) is 0 Å². The molecule has 1 aliphatic heterocycles. The number of hydrogen-bond acceptors (Lipinski definition) is 6. The van der Waals surface area contributed by atoms with Gasteiger partial charge in [-0.3, -0.25) is 9.59 Å². The number of hydrogen-bond donors (Lipinski definition) is 2. The van der Waals surface area contributed by atoms with Gasteiger partial charge in [-0.2, -0.15) is 4.02 Å². The number of nitrogens with zero attached hydrogens (tertiary/aromatic N) is 2. The summed E-state index contributed by atoms with van der Waals surface area (Å²) in [5.74, 6) is 1.57. The number of carbonyl (C=O) groups excluding carboxylic acids is 2. The Hall–Kier alpha value is -3.07. The van der Waals surface area contributed by atoms with Crippen molar-refractivity contribution in [2.75, 3.05) is 32.6 Å². The van der Waals surface area contributed by atoms with Crippen LogP contribution in [0.2, 0.25) is 0 Å². The summed E-state index contributed by atoms with van der Waals surface area (Å²) in [4.78, 5) is 28.1. The Labute approximate surface area is 228 Å². The van der Waals surface area contributed by atoms with Gasteiger partial charge in [0, 0.05) is 36.3 Å². The third-order valence-corrected chi connectivity index (χ3v) is 6.50. The first kappa shape index (κ1) is 28.5. The van der Waals surface area contributed by atoms with Gasteiger partial charge in [0.25, 0.3) is 5.91 Å². The molecule has 0 radical (unpaired) electrons. The summed E-state index contributed by atoms with van der Waals surface area (Å²) in [6.45, 7) is 13.3. The summed E-state index contributed by atoms with van der Waals surface area (Å²) in [6, 6.07) is 7.60. The molecule has 8 nitrogen and oxygen atoms in total. The second kappa shape index (κ2) is 11.5.